The summed E-state index contributed by atoms with van der Waals surface area (Å²) >= 11 is 0. The third-order valence-electron chi connectivity index (χ3n) is 12.2. The van der Waals surface area contributed by atoms with Crippen molar-refractivity contribution < 1.29 is 0 Å². The van der Waals surface area contributed by atoms with Crippen molar-refractivity contribution in [1.82, 2.24) is 4.98 Å². The molecule has 0 aliphatic heterocycles. The van der Waals surface area contributed by atoms with Crippen molar-refractivity contribution in [2.24, 2.45) is 11.8 Å². The highest BCUT2D eigenvalue weighted by Crippen LogP contribution is 2.37. The van der Waals surface area contributed by atoms with Crippen LogP contribution in [-0.2, 0) is 0 Å². The second-order valence-electron chi connectivity index (χ2n) is 15.7. The summed E-state index contributed by atoms with van der Waals surface area (Å²) in [5, 5.41) is 5.51. The van der Waals surface area contributed by atoms with Crippen LogP contribution in [0.2, 0.25) is 0 Å². The van der Waals surface area contributed by atoms with E-state index in [2.05, 4.69) is 160 Å². The summed E-state index contributed by atoms with van der Waals surface area (Å²) in [6.07, 6.45) is 36.3. The standard InChI is InChI=1S/C53H49N/c1-36-25-27-39(28-26-36)45-21-11-23-48-46(45)22-12-24-49(48)47-18-5-3-4-13-37(2)53(51-20-9-8-19-50(47)51)44-17-10-16-41(34-44)42-31-32-54-52(35-42)43-30-29-38-14-6-7-15-40(38)33-43/h3-6,8-11,13-14,16-17,19-23,25,27,29-32,34-35,37,40H,7,12,15,18,24,26,28,33H2,1-2H3/b5-3-,13-4-,50-47+,53-51+. The van der Waals surface area contributed by atoms with Crippen molar-refractivity contribution in [3.63, 3.8) is 0 Å². The molecule has 266 valence electrons. The Bertz CT molecular complexity index is 2630. The summed E-state index contributed by atoms with van der Waals surface area (Å²) in [7, 11) is 0. The molecule has 1 nitrogen and oxygen atoms in total. The first kappa shape index (κ1) is 34.3. The lowest BCUT2D eigenvalue weighted by molar-refractivity contribution is 0.572. The van der Waals surface area contributed by atoms with E-state index in [1.165, 1.54) is 95.0 Å². The van der Waals surface area contributed by atoms with Crippen molar-refractivity contribution in [2.45, 2.75) is 65.2 Å². The Labute approximate surface area is 320 Å². The highest BCUT2D eigenvalue weighted by atomic mass is 14.7. The number of hydrogen-bond acceptors (Lipinski definition) is 1. The third kappa shape index (κ3) is 6.73. The predicted molar refractivity (Wildman–Crippen MR) is 230 cm³/mol. The molecule has 1 aromatic heterocycles. The van der Waals surface area contributed by atoms with Crippen molar-refractivity contribution in [2.75, 3.05) is 0 Å². The summed E-state index contributed by atoms with van der Waals surface area (Å²) in [6, 6.07) is 29.9. The maximum atomic E-state index is 4.88. The van der Waals surface area contributed by atoms with Gasteiger partial charge < -0.3 is 0 Å². The van der Waals surface area contributed by atoms with Crippen LogP contribution in [0.3, 0.4) is 0 Å². The molecular formula is C53H49N. The Hall–Kier alpha value is -5.53. The van der Waals surface area contributed by atoms with E-state index in [4.69, 9.17) is 4.98 Å². The van der Waals surface area contributed by atoms with Crippen LogP contribution in [0.25, 0.3) is 45.1 Å². The summed E-state index contributed by atoms with van der Waals surface area (Å²) in [4.78, 5) is 4.88. The van der Waals surface area contributed by atoms with Gasteiger partial charge in [0.05, 0.1) is 5.69 Å². The highest BCUT2D eigenvalue weighted by molar-refractivity contribution is 5.91. The van der Waals surface area contributed by atoms with Gasteiger partial charge in [-0.2, -0.15) is 0 Å². The van der Waals surface area contributed by atoms with Crippen molar-refractivity contribution >= 4 is 33.9 Å². The van der Waals surface area contributed by atoms with Crippen LogP contribution in [0, 0.1) is 11.8 Å². The molecule has 0 spiro atoms. The molecule has 5 aliphatic carbocycles. The van der Waals surface area contributed by atoms with Gasteiger partial charge in [-0.25, -0.2) is 0 Å². The van der Waals surface area contributed by atoms with E-state index in [0.717, 1.165) is 44.2 Å². The fourth-order valence-electron chi connectivity index (χ4n) is 9.34. The predicted octanol–water partition coefficient (Wildman–Crippen LogP) is 10.5. The number of nitrogens with zero attached hydrogens (tertiary/aromatic N) is 1. The van der Waals surface area contributed by atoms with Gasteiger partial charge in [-0.3, -0.25) is 4.98 Å². The molecule has 0 fully saturated rings. The molecule has 5 aliphatic rings. The molecule has 4 aromatic rings. The quantitative estimate of drug-likeness (QED) is 0.202. The maximum Gasteiger partial charge on any atom is 0.0667 e. The van der Waals surface area contributed by atoms with Gasteiger partial charge in [0.1, 0.15) is 0 Å². The molecule has 1 heteroatoms. The first-order valence-electron chi connectivity index (χ1n) is 20.1. The average Bonchev–Trinajstić information content (AvgIpc) is 3.22. The van der Waals surface area contributed by atoms with E-state index in [9.17, 15) is 0 Å². The van der Waals surface area contributed by atoms with E-state index in [1.807, 2.05) is 6.20 Å². The molecule has 0 amide bonds. The van der Waals surface area contributed by atoms with Gasteiger partial charge in [0.2, 0.25) is 0 Å². The number of fused-ring (bicyclic) bond motifs is 3. The Kier molecular flexibility index (Phi) is 9.56. The minimum absolute atomic E-state index is 0.217. The summed E-state index contributed by atoms with van der Waals surface area (Å²) < 4.78 is 0. The van der Waals surface area contributed by atoms with Crippen LogP contribution >= 0.6 is 0 Å². The first-order valence-corrected chi connectivity index (χ1v) is 20.1. The first-order chi connectivity index (χ1) is 26.6. The second kappa shape index (κ2) is 15.1. The zero-order valence-corrected chi connectivity index (χ0v) is 31.7. The molecule has 0 saturated carbocycles. The number of hydrogen-bond donors (Lipinski definition) is 0. The number of pyridine rings is 1. The van der Waals surface area contributed by atoms with Crippen molar-refractivity contribution in [3.05, 3.63) is 195 Å². The number of rotatable bonds is 5. The number of allylic oxidation sites excluding steroid dienone is 14. The summed E-state index contributed by atoms with van der Waals surface area (Å²) in [6.45, 7) is 4.60. The SMILES string of the molecule is CC1=CC=C(c2cccc3c2=CCCC=3/C2=c3\cccc\c3=C(/c3cccc(-c4ccnc(C5=CC=C6C=CCCC6C5)c4)c3)C(C)/C=C\C=C/C2)CC1. The van der Waals surface area contributed by atoms with Crippen molar-refractivity contribution in [3.8, 4) is 11.1 Å². The van der Waals surface area contributed by atoms with Gasteiger partial charge in [0.25, 0.3) is 0 Å². The van der Waals surface area contributed by atoms with E-state index < -0.39 is 0 Å². The lowest BCUT2D eigenvalue weighted by atomic mass is 9.80. The van der Waals surface area contributed by atoms with Crippen LogP contribution in [0.5, 0.6) is 0 Å². The zero-order valence-electron chi connectivity index (χ0n) is 31.7. The summed E-state index contributed by atoms with van der Waals surface area (Å²) in [5.74, 6) is 0.824. The molecule has 0 bridgehead atoms. The van der Waals surface area contributed by atoms with Gasteiger partial charge in [-0.1, -0.05) is 140 Å². The van der Waals surface area contributed by atoms with Crippen molar-refractivity contribution in [1.29, 1.82) is 0 Å². The molecule has 1 heterocycles. The number of benzene rings is 3. The molecule has 3 aromatic carbocycles. The molecule has 54 heavy (non-hydrogen) atoms. The lowest BCUT2D eigenvalue weighted by Crippen LogP contribution is -2.36. The van der Waals surface area contributed by atoms with Gasteiger partial charge in [0.15, 0.2) is 0 Å². The highest BCUT2D eigenvalue weighted by Gasteiger charge is 2.22. The topological polar surface area (TPSA) is 12.9 Å². The monoisotopic (exact) mass is 699 g/mol. The molecule has 0 N–H and O–H groups in total. The fourth-order valence-corrected chi connectivity index (χ4v) is 9.34. The van der Waals surface area contributed by atoms with E-state index >= 15 is 0 Å². The van der Waals surface area contributed by atoms with E-state index in [-0.39, 0.29) is 5.92 Å². The van der Waals surface area contributed by atoms with Gasteiger partial charge in [0, 0.05) is 12.1 Å². The van der Waals surface area contributed by atoms with Crippen LogP contribution in [0.4, 0.5) is 0 Å². The van der Waals surface area contributed by atoms with Gasteiger partial charge >= 0.3 is 0 Å². The molecule has 0 radical (unpaired) electrons. The number of aromatic nitrogens is 1. The van der Waals surface area contributed by atoms with E-state index in [1.54, 1.807) is 0 Å². The van der Waals surface area contributed by atoms with Crippen LogP contribution in [0.15, 0.2) is 157 Å². The third-order valence-corrected chi connectivity index (χ3v) is 12.2. The molecule has 9 rings (SSSR count). The second-order valence-corrected chi connectivity index (χ2v) is 15.7. The smallest absolute Gasteiger partial charge is 0.0667 e. The Morgan fingerprint density at radius 2 is 1.50 bits per heavy atom. The molecule has 2 atom stereocenters. The minimum Gasteiger partial charge on any atom is -0.257 e. The van der Waals surface area contributed by atoms with Crippen LogP contribution in [-0.4, -0.2) is 4.98 Å². The minimum atomic E-state index is 0.217. The Balaban J connectivity index is 1.21. The van der Waals surface area contributed by atoms with Crippen LogP contribution < -0.4 is 20.9 Å². The Morgan fingerprint density at radius 1 is 0.667 bits per heavy atom. The van der Waals surface area contributed by atoms with E-state index in [0.29, 0.717) is 5.92 Å². The largest absolute Gasteiger partial charge is 0.257 e. The summed E-state index contributed by atoms with van der Waals surface area (Å²) in [5.41, 5.74) is 16.3. The molecular weight excluding hydrogens is 651 g/mol. The molecule has 0 saturated heterocycles. The Morgan fingerprint density at radius 3 is 2.41 bits per heavy atom. The maximum absolute atomic E-state index is 4.88. The molecule has 2 unspecified atom stereocenters. The normalized spacial score (nSPS) is 24.0. The van der Waals surface area contributed by atoms with Gasteiger partial charge in [-0.05, 0) is 159 Å². The average molecular weight is 700 g/mol. The zero-order chi connectivity index (χ0) is 36.4. The fraction of sp³-hybridized carbons (Fsp3) is 0.226. The lowest BCUT2D eigenvalue weighted by Gasteiger charge is -2.25. The van der Waals surface area contributed by atoms with Gasteiger partial charge in [-0.15, -0.1) is 0 Å². The van der Waals surface area contributed by atoms with Crippen LogP contribution in [0.1, 0.15) is 82.0 Å².